The summed E-state index contributed by atoms with van der Waals surface area (Å²) in [6.07, 6.45) is 1.77. The second kappa shape index (κ2) is 6.66. The first-order valence-corrected chi connectivity index (χ1v) is 7.73. The van der Waals surface area contributed by atoms with Crippen LogP contribution in [0.4, 0.5) is 10.1 Å². The van der Waals surface area contributed by atoms with Crippen molar-refractivity contribution in [3.63, 3.8) is 0 Å². The smallest absolute Gasteiger partial charge is 0.123 e. The fourth-order valence-electron chi connectivity index (χ4n) is 2.54. The summed E-state index contributed by atoms with van der Waals surface area (Å²) in [5.74, 6) is -0.260. The molecule has 0 amide bonds. The topological polar surface area (TPSA) is 42.2 Å². The van der Waals surface area contributed by atoms with Gasteiger partial charge < -0.3 is 0 Å². The lowest BCUT2D eigenvalue weighted by Crippen LogP contribution is -2.00. The van der Waals surface area contributed by atoms with Gasteiger partial charge in [-0.1, -0.05) is 18.2 Å². The quantitative estimate of drug-likeness (QED) is 0.572. The summed E-state index contributed by atoms with van der Waals surface area (Å²) >= 11 is 0. The highest BCUT2D eigenvalue weighted by Crippen LogP contribution is 2.17. The molecule has 24 heavy (non-hydrogen) atoms. The summed E-state index contributed by atoms with van der Waals surface area (Å²) < 4.78 is 14.9. The van der Waals surface area contributed by atoms with Crippen LogP contribution >= 0.6 is 0 Å². The summed E-state index contributed by atoms with van der Waals surface area (Å²) in [6.45, 7) is 5.93. The molecule has 0 spiro atoms. The lowest BCUT2D eigenvalue weighted by Gasteiger charge is -2.05. The van der Waals surface area contributed by atoms with Gasteiger partial charge in [-0.05, 0) is 56.7 Å². The van der Waals surface area contributed by atoms with Crippen LogP contribution in [0.5, 0.6) is 0 Å². The Morgan fingerprint density at radius 2 is 1.75 bits per heavy atom. The lowest BCUT2D eigenvalue weighted by molar-refractivity contribution is 0.627. The van der Waals surface area contributed by atoms with E-state index < -0.39 is 0 Å². The van der Waals surface area contributed by atoms with Crippen molar-refractivity contribution < 1.29 is 4.39 Å². The van der Waals surface area contributed by atoms with Gasteiger partial charge >= 0.3 is 0 Å². The van der Waals surface area contributed by atoms with Crippen LogP contribution in [0.15, 0.2) is 53.6 Å². The number of benzene rings is 2. The number of rotatable bonds is 4. The number of nitrogens with zero attached hydrogens (tertiary/aromatic N) is 3. The second-order valence-electron chi connectivity index (χ2n) is 5.66. The normalized spacial score (nSPS) is 11.2. The Morgan fingerprint density at radius 3 is 2.46 bits per heavy atom. The van der Waals surface area contributed by atoms with Gasteiger partial charge in [0.1, 0.15) is 5.82 Å². The molecule has 0 atom stereocenters. The van der Waals surface area contributed by atoms with E-state index in [1.54, 1.807) is 23.0 Å². The maximum absolute atomic E-state index is 13.1. The number of halogens is 1. The van der Waals surface area contributed by atoms with Gasteiger partial charge in [0.15, 0.2) is 0 Å². The van der Waals surface area contributed by atoms with Crippen LogP contribution in [0.25, 0.3) is 5.69 Å². The fraction of sp³-hybridized carbons (Fsp3) is 0.158. The first-order valence-electron chi connectivity index (χ1n) is 7.73. The molecule has 5 heteroatoms. The molecule has 0 saturated heterocycles. The molecule has 0 aliphatic rings. The van der Waals surface area contributed by atoms with Crippen molar-refractivity contribution in [2.45, 2.75) is 20.8 Å². The van der Waals surface area contributed by atoms with Crippen molar-refractivity contribution >= 4 is 11.9 Å². The van der Waals surface area contributed by atoms with Gasteiger partial charge in [0.2, 0.25) is 0 Å². The van der Waals surface area contributed by atoms with E-state index in [-0.39, 0.29) is 5.82 Å². The maximum atomic E-state index is 13.1. The molecule has 0 fully saturated rings. The number of hydrogen-bond donors (Lipinski definition) is 1. The number of aromatic nitrogens is 2. The van der Waals surface area contributed by atoms with Gasteiger partial charge in [-0.2, -0.15) is 10.2 Å². The molecule has 1 heterocycles. The number of aryl methyl sites for hydroxylation is 2. The number of para-hydroxylation sites is 1. The zero-order chi connectivity index (χ0) is 17.1. The Kier molecular flexibility index (Phi) is 4.42. The summed E-state index contributed by atoms with van der Waals surface area (Å²) in [6, 6.07) is 14.2. The Morgan fingerprint density at radius 1 is 1.04 bits per heavy atom. The Bertz CT molecular complexity index is 879. The highest BCUT2D eigenvalue weighted by atomic mass is 19.1. The summed E-state index contributed by atoms with van der Waals surface area (Å²) in [5.41, 5.74) is 8.74. The third kappa shape index (κ3) is 3.20. The molecule has 1 N–H and O–H groups in total. The van der Waals surface area contributed by atoms with E-state index in [0.717, 1.165) is 33.9 Å². The third-order valence-corrected chi connectivity index (χ3v) is 3.94. The first-order chi connectivity index (χ1) is 11.6. The van der Waals surface area contributed by atoms with Crippen molar-refractivity contribution in [1.29, 1.82) is 0 Å². The molecule has 0 radical (unpaired) electrons. The minimum absolute atomic E-state index is 0.260. The third-order valence-electron chi connectivity index (χ3n) is 3.94. The molecule has 122 valence electrons. The molecule has 0 unspecified atom stereocenters. The molecular weight excluding hydrogens is 303 g/mol. The summed E-state index contributed by atoms with van der Waals surface area (Å²) in [4.78, 5) is 0. The highest BCUT2D eigenvalue weighted by molar-refractivity contribution is 5.83. The van der Waals surface area contributed by atoms with Gasteiger partial charge in [0, 0.05) is 5.56 Å². The van der Waals surface area contributed by atoms with Crippen LogP contribution in [0.1, 0.15) is 22.5 Å². The Balaban J connectivity index is 1.85. The van der Waals surface area contributed by atoms with Gasteiger partial charge in [0.25, 0.3) is 0 Å². The minimum Gasteiger partial charge on any atom is -0.278 e. The average Bonchev–Trinajstić information content (AvgIpc) is 2.85. The fourth-order valence-corrected chi connectivity index (χ4v) is 2.54. The van der Waals surface area contributed by atoms with Crippen LogP contribution in [0, 0.1) is 26.6 Å². The Hall–Kier alpha value is -2.95. The zero-order valence-electron chi connectivity index (χ0n) is 13.9. The molecule has 3 aromatic rings. The van der Waals surface area contributed by atoms with Gasteiger partial charge in [-0.3, -0.25) is 5.43 Å². The average molecular weight is 322 g/mol. The SMILES string of the molecule is Cc1ccccc1N/N=C\c1c(C)nn(-c2ccc(F)cc2)c1C. The second-order valence-corrected chi connectivity index (χ2v) is 5.66. The summed E-state index contributed by atoms with van der Waals surface area (Å²) in [5, 5.41) is 8.86. The lowest BCUT2D eigenvalue weighted by atomic mass is 10.2. The molecule has 0 aliphatic carbocycles. The van der Waals surface area contributed by atoms with Crippen molar-refractivity contribution in [3.05, 3.63) is 76.9 Å². The van der Waals surface area contributed by atoms with E-state index in [1.165, 1.54) is 12.1 Å². The predicted molar refractivity (Wildman–Crippen MR) is 95.4 cm³/mol. The molecule has 0 bridgehead atoms. The van der Waals surface area contributed by atoms with E-state index in [1.807, 2.05) is 45.0 Å². The minimum atomic E-state index is -0.260. The standard InChI is InChI=1S/C19H19FN4/c1-13-6-4-5-7-19(13)22-21-12-18-14(2)23-24(15(18)3)17-10-8-16(20)9-11-17/h4-12,22H,1-3H3/b21-12-. The number of nitrogens with one attached hydrogen (secondary N) is 1. The molecule has 0 saturated carbocycles. The molecule has 1 aromatic heterocycles. The van der Waals surface area contributed by atoms with Crippen molar-refractivity contribution in [2.24, 2.45) is 5.10 Å². The van der Waals surface area contributed by atoms with Crippen molar-refractivity contribution in [3.8, 4) is 5.69 Å². The number of hydrazone groups is 1. The molecule has 2 aromatic carbocycles. The van der Waals surface area contributed by atoms with E-state index in [9.17, 15) is 4.39 Å². The van der Waals surface area contributed by atoms with Crippen LogP contribution in [0.3, 0.4) is 0 Å². The highest BCUT2D eigenvalue weighted by Gasteiger charge is 2.11. The van der Waals surface area contributed by atoms with E-state index in [0.29, 0.717) is 0 Å². The van der Waals surface area contributed by atoms with Crippen molar-refractivity contribution in [2.75, 3.05) is 5.43 Å². The predicted octanol–water partition coefficient (Wildman–Crippen LogP) is 4.38. The largest absolute Gasteiger partial charge is 0.278 e. The van der Waals surface area contributed by atoms with E-state index in [4.69, 9.17) is 0 Å². The van der Waals surface area contributed by atoms with E-state index in [2.05, 4.69) is 15.6 Å². The summed E-state index contributed by atoms with van der Waals surface area (Å²) in [7, 11) is 0. The molecule has 3 rings (SSSR count). The molecular formula is C19H19FN4. The van der Waals surface area contributed by atoms with Crippen molar-refractivity contribution in [1.82, 2.24) is 9.78 Å². The Labute approximate surface area is 140 Å². The van der Waals surface area contributed by atoms with E-state index >= 15 is 0 Å². The molecule has 0 aliphatic heterocycles. The monoisotopic (exact) mass is 322 g/mol. The maximum Gasteiger partial charge on any atom is 0.123 e. The van der Waals surface area contributed by atoms with Gasteiger partial charge in [0.05, 0.1) is 29.0 Å². The van der Waals surface area contributed by atoms with Crippen LogP contribution in [-0.2, 0) is 0 Å². The van der Waals surface area contributed by atoms with Crippen LogP contribution in [-0.4, -0.2) is 16.0 Å². The first kappa shape index (κ1) is 15.9. The number of hydrogen-bond acceptors (Lipinski definition) is 3. The van der Waals surface area contributed by atoms with Gasteiger partial charge in [-0.25, -0.2) is 9.07 Å². The zero-order valence-corrected chi connectivity index (χ0v) is 13.9. The number of anilines is 1. The van der Waals surface area contributed by atoms with Crippen LogP contribution < -0.4 is 5.43 Å². The van der Waals surface area contributed by atoms with Gasteiger partial charge in [-0.15, -0.1) is 0 Å². The van der Waals surface area contributed by atoms with Crippen LogP contribution in [0.2, 0.25) is 0 Å². The molecule has 4 nitrogen and oxygen atoms in total.